The molecule has 5 unspecified atom stereocenters. The smallest absolute Gasteiger partial charge is 0.305 e. The van der Waals surface area contributed by atoms with Crippen molar-refractivity contribution in [2.24, 2.45) is 29.6 Å². The molecule has 2 saturated carbocycles. The molecule has 0 radical (unpaired) electrons. The van der Waals surface area contributed by atoms with Crippen LogP contribution in [0.3, 0.4) is 0 Å². The number of carbonyl (C=O) groups is 2. The zero-order chi connectivity index (χ0) is 29.6. The van der Waals surface area contributed by atoms with E-state index in [1.807, 2.05) is 67.6 Å². The Balaban J connectivity index is 1.20. The first-order chi connectivity index (χ1) is 20.8. The van der Waals surface area contributed by atoms with Gasteiger partial charge in [0.05, 0.1) is 22.5 Å². The molecule has 0 spiro atoms. The second-order valence-electron chi connectivity index (χ2n) is 11.9. The lowest BCUT2D eigenvalue weighted by molar-refractivity contribution is -0.123. The number of anilines is 1. The predicted molar refractivity (Wildman–Crippen MR) is 172 cm³/mol. The third-order valence-electron chi connectivity index (χ3n) is 9.63. The van der Waals surface area contributed by atoms with Crippen LogP contribution in [0.1, 0.15) is 33.9 Å². The number of hydrogen-bond donors (Lipinski definition) is 1. The van der Waals surface area contributed by atoms with Crippen LogP contribution < -0.4 is 14.5 Å². The minimum Gasteiger partial charge on any atom is -0.489 e. The lowest BCUT2D eigenvalue weighted by Crippen LogP contribution is -2.42. The fourth-order valence-electron chi connectivity index (χ4n) is 7.95. The van der Waals surface area contributed by atoms with Gasteiger partial charge in [0.2, 0.25) is 11.8 Å². The molecule has 10 heteroatoms. The summed E-state index contributed by atoms with van der Waals surface area (Å²) in [6, 6.07) is 21.2. The van der Waals surface area contributed by atoms with Gasteiger partial charge in [0.15, 0.2) is 0 Å². The van der Waals surface area contributed by atoms with Crippen LogP contribution in [0.4, 0.5) is 5.69 Å². The number of halogens is 2. The monoisotopic (exact) mass is 692 g/mol. The zero-order valence-electron chi connectivity index (χ0n) is 23.0. The average Bonchev–Trinajstić information content (AvgIpc) is 3.73. The third-order valence-corrected chi connectivity index (χ3v) is 13.0. The molecule has 7 atom stereocenters. The maximum Gasteiger partial charge on any atom is 0.305 e. The largest absolute Gasteiger partial charge is 0.489 e. The summed E-state index contributed by atoms with van der Waals surface area (Å²) in [5.74, 6) is -0.0908. The predicted octanol–water partition coefficient (Wildman–Crippen LogP) is 7.42. The SMILES string of the molecule is Cc1ccc(N2C(=O)C3C(C2=O)[C@@H]2C[C@H]3C3Sc4[nH]c(=O)sc4C(c4cc(Br)ccc4OCc4ccc(Cl)cc4)C32)cc1. The fraction of sp³-hybridized carbons (Fsp3) is 0.303. The number of aryl methyl sites for hydroxylation is 1. The van der Waals surface area contributed by atoms with Gasteiger partial charge in [-0.1, -0.05) is 68.7 Å². The molecule has 218 valence electrons. The molecule has 6 nitrogen and oxygen atoms in total. The highest BCUT2D eigenvalue weighted by Gasteiger charge is 2.69. The number of hydrogen-bond acceptors (Lipinski definition) is 6. The van der Waals surface area contributed by atoms with Crippen molar-refractivity contribution in [1.82, 2.24) is 4.98 Å². The summed E-state index contributed by atoms with van der Waals surface area (Å²) >= 11 is 12.7. The van der Waals surface area contributed by atoms with Crippen molar-refractivity contribution in [1.29, 1.82) is 0 Å². The molecule has 1 N–H and O–H groups in total. The van der Waals surface area contributed by atoms with Crippen LogP contribution in [0.15, 0.2) is 81.0 Å². The van der Waals surface area contributed by atoms with E-state index in [0.29, 0.717) is 17.3 Å². The van der Waals surface area contributed by atoms with Gasteiger partial charge >= 0.3 is 4.87 Å². The van der Waals surface area contributed by atoms with Crippen LogP contribution in [-0.2, 0) is 16.2 Å². The van der Waals surface area contributed by atoms with Gasteiger partial charge < -0.3 is 9.72 Å². The van der Waals surface area contributed by atoms with Crippen LogP contribution in [0, 0.1) is 36.5 Å². The van der Waals surface area contributed by atoms with Crippen LogP contribution >= 0.6 is 50.6 Å². The summed E-state index contributed by atoms with van der Waals surface area (Å²) < 4.78 is 7.36. The lowest BCUT2D eigenvalue weighted by atomic mass is 9.68. The number of rotatable bonds is 5. The maximum absolute atomic E-state index is 14.0. The molecular weight excluding hydrogens is 668 g/mol. The Bertz CT molecular complexity index is 1840. The van der Waals surface area contributed by atoms with E-state index in [1.165, 1.54) is 16.2 Å². The number of nitrogens with zero attached hydrogens (tertiary/aromatic N) is 1. The highest BCUT2D eigenvalue weighted by atomic mass is 79.9. The molecule has 3 aromatic carbocycles. The van der Waals surface area contributed by atoms with Crippen molar-refractivity contribution in [3.63, 3.8) is 0 Å². The van der Waals surface area contributed by atoms with Gasteiger partial charge in [-0.3, -0.25) is 19.3 Å². The molecular formula is C33H26BrClN2O4S2. The van der Waals surface area contributed by atoms with Gasteiger partial charge in [0.25, 0.3) is 0 Å². The minimum atomic E-state index is -0.356. The van der Waals surface area contributed by atoms with Crippen molar-refractivity contribution < 1.29 is 14.3 Å². The number of aromatic nitrogens is 1. The van der Waals surface area contributed by atoms with E-state index in [0.717, 1.165) is 43.2 Å². The Morgan fingerprint density at radius 1 is 0.977 bits per heavy atom. The number of ether oxygens (including phenoxy) is 1. The van der Waals surface area contributed by atoms with Crippen LogP contribution in [0.5, 0.6) is 5.75 Å². The number of aromatic amines is 1. The van der Waals surface area contributed by atoms with Crippen molar-refractivity contribution in [3.8, 4) is 5.75 Å². The van der Waals surface area contributed by atoms with E-state index in [9.17, 15) is 14.4 Å². The van der Waals surface area contributed by atoms with Crippen molar-refractivity contribution in [3.05, 3.63) is 107 Å². The molecule has 3 heterocycles. The van der Waals surface area contributed by atoms with E-state index in [1.54, 1.807) is 11.8 Å². The van der Waals surface area contributed by atoms with Crippen molar-refractivity contribution in [2.45, 2.75) is 36.1 Å². The van der Waals surface area contributed by atoms with E-state index in [2.05, 4.69) is 27.0 Å². The Morgan fingerprint density at radius 3 is 2.44 bits per heavy atom. The topological polar surface area (TPSA) is 79.5 Å². The first-order valence-corrected chi connectivity index (χ1v) is 17.2. The molecule has 4 aromatic rings. The molecule has 1 saturated heterocycles. The number of thioether (sulfide) groups is 1. The van der Waals surface area contributed by atoms with Crippen molar-refractivity contribution in [2.75, 3.05) is 4.90 Å². The van der Waals surface area contributed by atoms with E-state index >= 15 is 0 Å². The Labute approximate surface area is 269 Å². The van der Waals surface area contributed by atoms with Crippen LogP contribution in [0.25, 0.3) is 0 Å². The van der Waals surface area contributed by atoms with Crippen LogP contribution in [-0.4, -0.2) is 22.0 Å². The number of benzene rings is 3. The normalized spacial score (nSPS) is 28.6. The van der Waals surface area contributed by atoms with E-state index in [-0.39, 0.29) is 57.4 Å². The van der Waals surface area contributed by atoms with Crippen LogP contribution in [0.2, 0.25) is 5.02 Å². The van der Waals surface area contributed by atoms with Gasteiger partial charge in [0.1, 0.15) is 12.4 Å². The van der Waals surface area contributed by atoms with Gasteiger partial charge in [-0.2, -0.15) is 0 Å². The zero-order valence-corrected chi connectivity index (χ0v) is 26.9. The molecule has 2 aliphatic carbocycles. The number of thiazole rings is 1. The molecule has 2 aliphatic heterocycles. The highest BCUT2D eigenvalue weighted by Crippen LogP contribution is 2.69. The first-order valence-electron chi connectivity index (χ1n) is 14.3. The average molecular weight is 694 g/mol. The summed E-state index contributed by atoms with van der Waals surface area (Å²) in [5.41, 5.74) is 3.72. The molecule has 2 amide bonds. The number of amides is 2. The quantitative estimate of drug-likeness (QED) is 0.220. The first kappa shape index (κ1) is 27.7. The Kier molecular flexibility index (Phi) is 6.67. The van der Waals surface area contributed by atoms with E-state index in [4.69, 9.17) is 16.3 Å². The molecule has 3 fully saturated rings. The molecule has 43 heavy (non-hydrogen) atoms. The maximum atomic E-state index is 14.0. The number of carbonyl (C=O) groups excluding carboxylic acids is 2. The molecule has 4 aliphatic rings. The second-order valence-corrected chi connectivity index (χ2v) is 15.5. The fourth-order valence-corrected chi connectivity index (χ4v) is 11.3. The molecule has 8 rings (SSSR count). The van der Waals surface area contributed by atoms with Gasteiger partial charge in [-0.25, -0.2) is 0 Å². The summed E-state index contributed by atoms with van der Waals surface area (Å²) in [7, 11) is 0. The Hall–Kier alpha value is -2.85. The standard InChI is InChI=1S/C33H26BrClN2O4S2/c1-15-2-9-19(10-3-15)37-31(38)26-21-13-22(27(26)32(37)39)28-25(21)24(29-30(42-28)36-33(40)43-29)20-12-17(34)6-11-23(20)41-14-16-4-7-18(35)8-5-16/h2-12,21-22,24-28H,13-14H2,1H3,(H,36,40)/t21-,22-,24?,25?,26?,27?,28?/m1/s1. The van der Waals surface area contributed by atoms with Gasteiger partial charge in [-0.05, 0) is 79.1 Å². The second kappa shape index (κ2) is 10.4. The Morgan fingerprint density at radius 2 is 1.70 bits per heavy atom. The molecule has 2 bridgehead atoms. The van der Waals surface area contributed by atoms with Crippen molar-refractivity contribution >= 4 is 68.1 Å². The van der Waals surface area contributed by atoms with E-state index < -0.39 is 0 Å². The highest BCUT2D eigenvalue weighted by molar-refractivity contribution is 9.10. The number of fused-ring (bicyclic) bond motifs is 9. The summed E-state index contributed by atoms with van der Waals surface area (Å²) in [6.45, 7) is 2.36. The molecule has 1 aromatic heterocycles. The number of H-pyrrole nitrogens is 1. The van der Waals surface area contributed by atoms with Gasteiger partial charge in [0, 0.05) is 31.1 Å². The lowest BCUT2D eigenvalue weighted by Gasteiger charge is -2.43. The number of imide groups is 1. The number of nitrogens with one attached hydrogen (secondary N) is 1. The van der Waals surface area contributed by atoms with Gasteiger partial charge in [-0.15, -0.1) is 11.8 Å². The minimum absolute atomic E-state index is 0.0258. The summed E-state index contributed by atoms with van der Waals surface area (Å²) in [5, 5.41) is 1.65. The summed E-state index contributed by atoms with van der Waals surface area (Å²) in [6.07, 6.45) is 0.835. The third kappa shape index (κ3) is 4.37. The summed E-state index contributed by atoms with van der Waals surface area (Å²) in [4.78, 5) is 46.1.